The standard InChI is InChI=1S/C13H21BrN4O2/c1-6-18-12(20)10(14)9(7-15-18)16-8(2)11(19)17-13(3,4)5/h7-8,16H,6H2,1-5H3,(H,17,19). The third-order valence-corrected chi connectivity index (χ3v) is 3.31. The van der Waals surface area contributed by atoms with Crippen LogP contribution in [-0.2, 0) is 11.3 Å². The van der Waals surface area contributed by atoms with Gasteiger partial charge >= 0.3 is 0 Å². The van der Waals surface area contributed by atoms with Gasteiger partial charge in [-0.3, -0.25) is 9.59 Å². The topological polar surface area (TPSA) is 76.0 Å². The van der Waals surface area contributed by atoms with Gasteiger partial charge in [0, 0.05) is 12.1 Å². The Bertz CT molecular complexity index is 548. The predicted molar refractivity (Wildman–Crippen MR) is 82.9 cm³/mol. The molecule has 1 rings (SSSR count). The van der Waals surface area contributed by atoms with Crippen LogP contribution in [0.4, 0.5) is 5.69 Å². The van der Waals surface area contributed by atoms with E-state index < -0.39 is 6.04 Å². The molecule has 0 spiro atoms. The SMILES string of the molecule is CCn1ncc(NC(C)C(=O)NC(C)(C)C)c(Br)c1=O. The van der Waals surface area contributed by atoms with Crippen molar-refractivity contribution in [2.45, 2.75) is 52.7 Å². The van der Waals surface area contributed by atoms with Gasteiger partial charge in [-0.05, 0) is 50.5 Å². The van der Waals surface area contributed by atoms with Crippen molar-refractivity contribution >= 4 is 27.5 Å². The molecule has 20 heavy (non-hydrogen) atoms. The van der Waals surface area contributed by atoms with E-state index in [1.165, 1.54) is 10.9 Å². The first-order chi connectivity index (χ1) is 9.15. The summed E-state index contributed by atoms with van der Waals surface area (Å²) >= 11 is 3.24. The molecular formula is C13H21BrN4O2. The number of halogens is 1. The number of aryl methyl sites for hydroxylation is 1. The van der Waals surface area contributed by atoms with Gasteiger partial charge < -0.3 is 10.6 Å². The quantitative estimate of drug-likeness (QED) is 0.872. The lowest BCUT2D eigenvalue weighted by Gasteiger charge is -2.24. The molecule has 0 radical (unpaired) electrons. The van der Waals surface area contributed by atoms with E-state index >= 15 is 0 Å². The molecule has 6 nitrogen and oxygen atoms in total. The Morgan fingerprint density at radius 3 is 2.60 bits per heavy atom. The minimum atomic E-state index is -0.468. The molecule has 1 atom stereocenters. The molecule has 0 saturated heterocycles. The van der Waals surface area contributed by atoms with Crippen molar-refractivity contribution in [3.63, 3.8) is 0 Å². The monoisotopic (exact) mass is 344 g/mol. The highest BCUT2D eigenvalue weighted by molar-refractivity contribution is 9.10. The maximum Gasteiger partial charge on any atom is 0.283 e. The molecule has 0 fully saturated rings. The fourth-order valence-electron chi connectivity index (χ4n) is 1.57. The fourth-order valence-corrected chi connectivity index (χ4v) is 1.99. The van der Waals surface area contributed by atoms with Crippen molar-refractivity contribution in [3.05, 3.63) is 21.0 Å². The lowest BCUT2D eigenvalue weighted by Crippen LogP contribution is -2.47. The van der Waals surface area contributed by atoms with E-state index in [0.29, 0.717) is 16.7 Å². The van der Waals surface area contributed by atoms with Crippen LogP contribution in [0, 0.1) is 0 Å². The lowest BCUT2D eigenvalue weighted by atomic mass is 10.1. The zero-order valence-electron chi connectivity index (χ0n) is 12.5. The number of nitrogens with one attached hydrogen (secondary N) is 2. The van der Waals surface area contributed by atoms with Gasteiger partial charge in [-0.25, -0.2) is 4.68 Å². The smallest absolute Gasteiger partial charge is 0.283 e. The van der Waals surface area contributed by atoms with Crippen LogP contribution >= 0.6 is 15.9 Å². The molecule has 0 aliphatic rings. The van der Waals surface area contributed by atoms with Crippen LogP contribution in [0.25, 0.3) is 0 Å². The summed E-state index contributed by atoms with van der Waals surface area (Å²) in [5.74, 6) is -0.135. The molecule has 0 aliphatic heterocycles. The number of rotatable bonds is 4. The first-order valence-corrected chi connectivity index (χ1v) is 7.29. The fraction of sp³-hybridized carbons (Fsp3) is 0.615. The minimum absolute atomic E-state index is 0.135. The van der Waals surface area contributed by atoms with Crippen molar-refractivity contribution in [1.29, 1.82) is 0 Å². The van der Waals surface area contributed by atoms with Gasteiger partial charge in [-0.2, -0.15) is 5.10 Å². The Hall–Kier alpha value is -1.37. The number of hydrogen-bond donors (Lipinski definition) is 2. The van der Waals surface area contributed by atoms with Crippen molar-refractivity contribution in [2.75, 3.05) is 5.32 Å². The van der Waals surface area contributed by atoms with Crippen LogP contribution in [-0.4, -0.2) is 27.3 Å². The molecule has 1 unspecified atom stereocenters. The number of aromatic nitrogens is 2. The summed E-state index contributed by atoms with van der Waals surface area (Å²) < 4.78 is 1.72. The van der Waals surface area contributed by atoms with Crippen LogP contribution in [0.15, 0.2) is 15.5 Å². The summed E-state index contributed by atoms with van der Waals surface area (Å²) in [6, 6.07) is -0.468. The molecule has 2 N–H and O–H groups in total. The minimum Gasteiger partial charge on any atom is -0.372 e. The van der Waals surface area contributed by atoms with Crippen molar-refractivity contribution in [2.24, 2.45) is 0 Å². The summed E-state index contributed by atoms with van der Waals surface area (Å²) in [6.45, 7) is 9.82. The van der Waals surface area contributed by atoms with E-state index in [0.717, 1.165) is 0 Å². The number of hydrogen-bond acceptors (Lipinski definition) is 4. The number of amides is 1. The number of carbonyl (C=O) groups is 1. The van der Waals surface area contributed by atoms with Gasteiger partial charge in [-0.15, -0.1) is 0 Å². The van der Waals surface area contributed by atoms with Gasteiger partial charge in [0.05, 0.1) is 11.9 Å². The van der Waals surface area contributed by atoms with E-state index in [4.69, 9.17) is 0 Å². The zero-order chi connectivity index (χ0) is 15.5. The number of carbonyl (C=O) groups excluding carboxylic acids is 1. The molecule has 1 amide bonds. The lowest BCUT2D eigenvalue weighted by molar-refractivity contribution is -0.122. The molecular weight excluding hydrogens is 324 g/mol. The molecule has 112 valence electrons. The molecule has 0 aliphatic carbocycles. The maximum atomic E-state index is 12.0. The average Bonchev–Trinajstić information content (AvgIpc) is 2.33. The molecule has 7 heteroatoms. The van der Waals surface area contributed by atoms with Gasteiger partial charge in [0.15, 0.2) is 0 Å². The van der Waals surface area contributed by atoms with Crippen molar-refractivity contribution in [1.82, 2.24) is 15.1 Å². The van der Waals surface area contributed by atoms with E-state index in [9.17, 15) is 9.59 Å². The number of nitrogens with zero attached hydrogens (tertiary/aromatic N) is 2. The van der Waals surface area contributed by atoms with Gasteiger partial charge in [0.25, 0.3) is 5.56 Å². The second-order valence-electron chi connectivity index (χ2n) is 5.60. The van der Waals surface area contributed by atoms with Crippen molar-refractivity contribution in [3.8, 4) is 0 Å². The maximum absolute atomic E-state index is 12.0. The van der Waals surface area contributed by atoms with E-state index in [-0.39, 0.29) is 17.0 Å². The number of anilines is 1. The Morgan fingerprint density at radius 1 is 1.50 bits per heavy atom. The summed E-state index contributed by atoms with van der Waals surface area (Å²) in [6.07, 6.45) is 1.54. The molecule has 1 heterocycles. The highest BCUT2D eigenvalue weighted by atomic mass is 79.9. The summed E-state index contributed by atoms with van der Waals surface area (Å²) in [5.41, 5.74) is -0.00844. The normalized spacial score (nSPS) is 12.9. The van der Waals surface area contributed by atoms with Gasteiger partial charge in [0.2, 0.25) is 5.91 Å². The Kier molecular flexibility index (Phi) is 5.33. The Labute approximate surface area is 127 Å². The first-order valence-electron chi connectivity index (χ1n) is 6.50. The summed E-state index contributed by atoms with van der Waals surface area (Å²) in [4.78, 5) is 23.9. The van der Waals surface area contributed by atoms with Crippen LogP contribution in [0.5, 0.6) is 0 Å². The molecule has 1 aromatic heterocycles. The van der Waals surface area contributed by atoms with Crippen LogP contribution in [0.1, 0.15) is 34.6 Å². The molecule has 0 aromatic carbocycles. The van der Waals surface area contributed by atoms with Crippen LogP contribution in [0.3, 0.4) is 0 Å². The van der Waals surface area contributed by atoms with Crippen molar-refractivity contribution < 1.29 is 4.79 Å². The third kappa shape index (κ3) is 4.33. The highest BCUT2D eigenvalue weighted by Crippen LogP contribution is 2.17. The predicted octanol–water partition coefficient (Wildman–Crippen LogP) is 1.74. The van der Waals surface area contributed by atoms with Crippen LogP contribution in [0.2, 0.25) is 0 Å². The largest absolute Gasteiger partial charge is 0.372 e. The average molecular weight is 345 g/mol. The summed E-state index contributed by atoms with van der Waals surface area (Å²) in [7, 11) is 0. The second kappa shape index (κ2) is 6.39. The van der Waals surface area contributed by atoms with Gasteiger partial charge in [-0.1, -0.05) is 0 Å². The molecule has 0 bridgehead atoms. The van der Waals surface area contributed by atoms with Gasteiger partial charge in [0.1, 0.15) is 10.5 Å². The molecule has 0 saturated carbocycles. The zero-order valence-corrected chi connectivity index (χ0v) is 14.0. The second-order valence-corrected chi connectivity index (χ2v) is 6.39. The van der Waals surface area contributed by atoms with E-state index in [2.05, 4.69) is 31.7 Å². The Morgan fingerprint density at radius 2 is 2.10 bits per heavy atom. The van der Waals surface area contributed by atoms with E-state index in [1.54, 1.807) is 6.92 Å². The van der Waals surface area contributed by atoms with E-state index in [1.807, 2.05) is 27.7 Å². The third-order valence-electron chi connectivity index (χ3n) is 2.55. The molecule has 1 aromatic rings. The van der Waals surface area contributed by atoms with Crippen LogP contribution < -0.4 is 16.2 Å². The summed E-state index contributed by atoms with van der Waals surface area (Å²) in [5, 5.41) is 9.89. The first kappa shape index (κ1) is 16.7. The Balaban J connectivity index is 2.86. The highest BCUT2D eigenvalue weighted by Gasteiger charge is 2.20.